The Morgan fingerprint density at radius 2 is 1.71 bits per heavy atom. The van der Waals surface area contributed by atoms with Crippen molar-refractivity contribution in [3.63, 3.8) is 0 Å². The van der Waals surface area contributed by atoms with E-state index in [1.54, 1.807) is 6.07 Å². The molecule has 112 valence electrons. The van der Waals surface area contributed by atoms with Gasteiger partial charge in [0.2, 0.25) is 5.43 Å². The number of anilines is 1. The van der Waals surface area contributed by atoms with Crippen molar-refractivity contribution in [2.24, 2.45) is 0 Å². The van der Waals surface area contributed by atoms with Gasteiger partial charge in [-0.15, -0.1) is 0 Å². The number of nitrogens with one attached hydrogen (secondary N) is 2. The predicted octanol–water partition coefficient (Wildman–Crippen LogP) is 1.19. The van der Waals surface area contributed by atoms with Crippen LogP contribution < -0.4 is 19.6 Å². The van der Waals surface area contributed by atoms with Crippen LogP contribution >= 0.6 is 0 Å². The second-order valence-electron chi connectivity index (χ2n) is 4.08. The minimum Gasteiger partial charge on any atom is -0.497 e. The predicted molar refractivity (Wildman–Crippen MR) is 77.4 cm³/mol. The average molecular weight is 310 g/mol. The fourth-order valence-electron chi connectivity index (χ4n) is 1.69. The zero-order valence-electron chi connectivity index (χ0n) is 11.4. The first kappa shape index (κ1) is 14.9. The number of rotatable bonds is 5. The number of methoxy groups -OCH3 is 2. The molecular weight excluding hydrogens is 296 g/mol. The molecule has 21 heavy (non-hydrogen) atoms. The molecule has 2 aromatic rings. The van der Waals surface area contributed by atoms with Gasteiger partial charge in [0.05, 0.1) is 19.9 Å². The SMILES string of the molecule is COc1cc(NS(=O)(=O)c2c[nH]ccc2=O)cc(OC)c1. The van der Waals surface area contributed by atoms with Crippen molar-refractivity contribution in [1.82, 2.24) is 4.98 Å². The number of pyridine rings is 1. The van der Waals surface area contributed by atoms with E-state index in [1.807, 2.05) is 0 Å². The van der Waals surface area contributed by atoms with Crippen molar-refractivity contribution >= 4 is 15.7 Å². The Hall–Kier alpha value is -2.48. The van der Waals surface area contributed by atoms with E-state index >= 15 is 0 Å². The molecule has 1 aromatic carbocycles. The summed E-state index contributed by atoms with van der Waals surface area (Å²) in [5.41, 5.74) is -0.370. The summed E-state index contributed by atoms with van der Waals surface area (Å²) in [6, 6.07) is 5.71. The van der Waals surface area contributed by atoms with Crippen LogP contribution in [0.15, 0.2) is 46.3 Å². The molecule has 0 fully saturated rings. The minimum atomic E-state index is -4.00. The number of aromatic amines is 1. The van der Waals surface area contributed by atoms with Crippen LogP contribution in [0, 0.1) is 0 Å². The molecule has 1 aromatic heterocycles. The number of benzene rings is 1. The summed E-state index contributed by atoms with van der Waals surface area (Å²) >= 11 is 0. The first-order valence-electron chi connectivity index (χ1n) is 5.89. The highest BCUT2D eigenvalue weighted by molar-refractivity contribution is 7.92. The van der Waals surface area contributed by atoms with Crippen LogP contribution in [0.3, 0.4) is 0 Å². The third kappa shape index (κ3) is 3.34. The van der Waals surface area contributed by atoms with E-state index in [0.29, 0.717) is 11.5 Å². The third-order valence-electron chi connectivity index (χ3n) is 2.68. The van der Waals surface area contributed by atoms with Gasteiger partial charge < -0.3 is 14.5 Å². The summed E-state index contributed by atoms with van der Waals surface area (Å²) in [5, 5.41) is 0. The van der Waals surface area contributed by atoms with E-state index in [2.05, 4.69) is 9.71 Å². The van der Waals surface area contributed by atoms with Crippen LogP contribution in [0.1, 0.15) is 0 Å². The van der Waals surface area contributed by atoms with Crippen LogP contribution in [-0.2, 0) is 10.0 Å². The number of H-pyrrole nitrogens is 1. The molecule has 0 saturated heterocycles. The fourth-order valence-corrected chi connectivity index (χ4v) is 2.78. The zero-order valence-corrected chi connectivity index (χ0v) is 12.2. The highest BCUT2D eigenvalue weighted by Gasteiger charge is 2.18. The van der Waals surface area contributed by atoms with Crippen LogP contribution in [0.5, 0.6) is 11.5 Å². The van der Waals surface area contributed by atoms with Crippen molar-refractivity contribution in [3.05, 3.63) is 46.9 Å². The van der Waals surface area contributed by atoms with Crippen LogP contribution in [0.2, 0.25) is 0 Å². The van der Waals surface area contributed by atoms with Crippen molar-refractivity contribution in [3.8, 4) is 11.5 Å². The van der Waals surface area contributed by atoms with Crippen LogP contribution in [0.4, 0.5) is 5.69 Å². The summed E-state index contributed by atoms with van der Waals surface area (Å²) in [5.74, 6) is 0.850. The maximum atomic E-state index is 12.2. The quantitative estimate of drug-likeness (QED) is 0.864. The second kappa shape index (κ2) is 5.88. The standard InChI is InChI=1S/C13H14N2O5S/c1-19-10-5-9(6-11(7-10)20-2)15-21(17,18)13-8-14-4-3-12(13)16/h3-8,15H,1-2H3,(H,14,16). The molecule has 0 aliphatic rings. The van der Waals surface area contributed by atoms with E-state index < -0.39 is 15.5 Å². The largest absolute Gasteiger partial charge is 0.497 e. The van der Waals surface area contributed by atoms with Gasteiger partial charge in [-0.2, -0.15) is 0 Å². The van der Waals surface area contributed by atoms with Gasteiger partial charge in [-0.1, -0.05) is 0 Å². The Balaban J connectivity index is 2.42. The topological polar surface area (TPSA) is 97.5 Å². The third-order valence-corrected chi connectivity index (χ3v) is 4.08. The molecule has 0 atom stereocenters. The average Bonchev–Trinajstić information content (AvgIpc) is 2.46. The van der Waals surface area contributed by atoms with Crippen molar-refractivity contribution in [2.45, 2.75) is 4.90 Å². The van der Waals surface area contributed by atoms with Gasteiger partial charge in [0.1, 0.15) is 11.5 Å². The maximum Gasteiger partial charge on any atom is 0.267 e. The highest BCUT2D eigenvalue weighted by Crippen LogP contribution is 2.27. The normalized spacial score (nSPS) is 11.0. The molecule has 0 aliphatic carbocycles. The van der Waals surface area contributed by atoms with Gasteiger partial charge in [0.15, 0.2) is 4.90 Å². The van der Waals surface area contributed by atoms with Gasteiger partial charge in [-0.3, -0.25) is 9.52 Å². The first-order valence-corrected chi connectivity index (χ1v) is 7.37. The van der Waals surface area contributed by atoms with E-state index in [4.69, 9.17) is 9.47 Å². The first-order chi connectivity index (χ1) is 9.96. The summed E-state index contributed by atoms with van der Waals surface area (Å²) in [4.78, 5) is 13.8. The summed E-state index contributed by atoms with van der Waals surface area (Å²) in [7, 11) is -1.09. The lowest BCUT2D eigenvalue weighted by molar-refractivity contribution is 0.395. The molecule has 0 amide bonds. The van der Waals surface area contributed by atoms with Gasteiger partial charge in [-0.05, 0) is 0 Å². The molecule has 0 bridgehead atoms. The molecule has 2 N–H and O–H groups in total. The number of hydrogen-bond acceptors (Lipinski definition) is 5. The van der Waals surface area contributed by atoms with E-state index in [9.17, 15) is 13.2 Å². The molecule has 7 nitrogen and oxygen atoms in total. The van der Waals surface area contributed by atoms with Gasteiger partial charge in [-0.25, -0.2) is 8.42 Å². The van der Waals surface area contributed by atoms with Crippen molar-refractivity contribution in [2.75, 3.05) is 18.9 Å². The number of hydrogen-bond donors (Lipinski definition) is 2. The molecular formula is C13H14N2O5S. The Bertz CT molecular complexity index is 776. The fraction of sp³-hybridized carbons (Fsp3) is 0.154. The summed E-state index contributed by atoms with van der Waals surface area (Å²) in [6.45, 7) is 0. The molecule has 1 heterocycles. The monoisotopic (exact) mass is 310 g/mol. The molecule has 0 unspecified atom stereocenters. The van der Waals surface area contributed by atoms with E-state index in [0.717, 1.165) is 12.3 Å². The van der Waals surface area contributed by atoms with Gasteiger partial charge in [0, 0.05) is 36.7 Å². The lowest BCUT2D eigenvalue weighted by atomic mass is 10.3. The molecule has 0 aliphatic heterocycles. The van der Waals surface area contributed by atoms with Crippen LogP contribution in [-0.4, -0.2) is 27.6 Å². The zero-order chi connectivity index (χ0) is 15.5. The number of sulfonamides is 1. The Morgan fingerprint density at radius 3 is 2.24 bits per heavy atom. The smallest absolute Gasteiger partial charge is 0.267 e. The molecule has 0 radical (unpaired) electrons. The maximum absolute atomic E-state index is 12.2. The number of aromatic nitrogens is 1. The van der Waals surface area contributed by atoms with Gasteiger partial charge in [0.25, 0.3) is 10.0 Å². The van der Waals surface area contributed by atoms with Crippen LogP contribution in [0.25, 0.3) is 0 Å². The van der Waals surface area contributed by atoms with E-state index in [-0.39, 0.29) is 10.6 Å². The highest BCUT2D eigenvalue weighted by atomic mass is 32.2. The Morgan fingerprint density at radius 1 is 1.10 bits per heavy atom. The van der Waals surface area contributed by atoms with E-state index in [1.165, 1.54) is 32.5 Å². The molecule has 0 saturated carbocycles. The van der Waals surface area contributed by atoms with Crippen molar-refractivity contribution in [1.29, 1.82) is 0 Å². The molecule has 2 rings (SSSR count). The minimum absolute atomic E-state index is 0.231. The summed E-state index contributed by atoms with van der Waals surface area (Å²) < 4.78 is 36.9. The second-order valence-corrected chi connectivity index (χ2v) is 5.73. The van der Waals surface area contributed by atoms with Gasteiger partial charge >= 0.3 is 0 Å². The Kier molecular flexibility index (Phi) is 4.18. The molecule has 8 heteroatoms. The summed E-state index contributed by atoms with van der Waals surface area (Å²) in [6.07, 6.45) is 2.48. The number of ether oxygens (including phenoxy) is 2. The Labute approximate surface area is 121 Å². The lowest BCUT2D eigenvalue weighted by Crippen LogP contribution is -2.20. The lowest BCUT2D eigenvalue weighted by Gasteiger charge is -2.10. The van der Waals surface area contributed by atoms with Crippen molar-refractivity contribution < 1.29 is 17.9 Å². The molecule has 0 spiro atoms.